The fourth-order valence-electron chi connectivity index (χ4n) is 3.52. The molecule has 1 aliphatic heterocycles. The van der Waals surface area contributed by atoms with Crippen molar-refractivity contribution in [1.29, 1.82) is 0 Å². The number of aromatic nitrogens is 4. The highest BCUT2D eigenvalue weighted by Gasteiger charge is 2.29. The minimum absolute atomic E-state index is 0.338. The first-order chi connectivity index (χ1) is 11.8. The second kappa shape index (κ2) is 6.75. The number of para-hydroxylation sites is 2. The van der Waals surface area contributed by atoms with Crippen LogP contribution in [-0.4, -0.2) is 44.7 Å². The highest BCUT2D eigenvalue weighted by Crippen LogP contribution is 2.32. The van der Waals surface area contributed by atoms with Crippen molar-refractivity contribution in [3.63, 3.8) is 0 Å². The van der Waals surface area contributed by atoms with Crippen molar-refractivity contribution in [2.75, 3.05) is 20.3 Å². The summed E-state index contributed by atoms with van der Waals surface area (Å²) < 4.78 is 7.37. The van der Waals surface area contributed by atoms with Crippen LogP contribution in [0.2, 0.25) is 0 Å². The SMILES string of the molecule is COCCn1ccnc1CN1CCC[C@@H]1c1nc2ccccc2[nH]1. The van der Waals surface area contributed by atoms with E-state index in [1.165, 1.54) is 6.42 Å². The maximum Gasteiger partial charge on any atom is 0.124 e. The predicted molar refractivity (Wildman–Crippen MR) is 92.6 cm³/mol. The van der Waals surface area contributed by atoms with Crippen molar-refractivity contribution in [1.82, 2.24) is 24.4 Å². The Kier molecular flexibility index (Phi) is 4.32. The van der Waals surface area contributed by atoms with E-state index in [9.17, 15) is 0 Å². The Morgan fingerprint density at radius 2 is 2.25 bits per heavy atom. The zero-order valence-corrected chi connectivity index (χ0v) is 14.0. The molecule has 3 heterocycles. The Bertz CT molecular complexity index is 775. The molecule has 3 aromatic rings. The fraction of sp³-hybridized carbons (Fsp3) is 0.444. The van der Waals surface area contributed by atoms with Gasteiger partial charge in [0.25, 0.3) is 0 Å². The van der Waals surface area contributed by atoms with Gasteiger partial charge in [0, 0.05) is 26.0 Å². The van der Waals surface area contributed by atoms with Crippen LogP contribution in [0.25, 0.3) is 11.0 Å². The predicted octanol–water partition coefficient (Wildman–Crippen LogP) is 2.74. The third-order valence-corrected chi connectivity index (χ3v) is 4.77. The molecule has 1 saturated heterocycles. The number of imidazole rings is 2. The molecule has 0 unspecified atom stereocenters. The standard InChI is InChI=1S/C18H23N5O/c1-24-12-11-22-10-8-19-17(22)13-23-9-4-7-16(23)18-20-14-5-2-3-6-15(14)21-18/h2-3,5-6,8,10,16H,4,7,9,11-13H2,1H3,(H,20,21)/t16-/m1/s1. The zero-order chi connectivity index (χ0) is 16.4. The molecular weight excluding hydrogens is 302 g/mol. The Hall–Kier alpha value is -2.18. The minimum atomic E-state index is 0.338. The van der Waals surface area contributed by atoms with Crippen LogP contribution < -0.4 is 0 Å². The number of nitrogens with zero attached hydrogens (tertiary/aromatic N) is 4. The Morgan fingerprint density at radius 1 is 1.33 bits per heavy atom. The van der Waals surface area contributed by atoms with Crippen molar-refractivity contribution in [3.05, 3.63) is 48.3 Å². The maximum absolute atomic E-state index is 5.19. The van der Waals surface area contributed by atoms with Gasteiger partial charge in [-0.15, -0.1) is 0 Å². The first-order valence-corrected chi connectivity index (χ1v) is 8.53. The number of aromatic amines is 1. The molecular formula is C18H23N5O. The molecule has 4 rings (SSSR count). The van der Waals surface area contributed by atoms with Gasteiger partial charge >= 0.3 is 0 Å². The van der Waals surface area contributed by atoms with E-state index in [2.05, 4.69) is 31.6 Å². The molecule has 1 aromatic carbocycles. The van der Waals surface area contributed by atoms with Gasteiger partial charge in [0.2, 0.25) is 0 Å². The molecule has 1 fully saturated rings. The first-order valence-electron chi connectivity index (χ1n) is 8.53. The Labute approximate surface area is 141 Å². The summed E-state index contributed by atoms with van der Waals surface area (Å²) in [7, 11) is 1.73. The van der Waals surface area contributed by atoms with E-state index in [1.54, 1.807) is 7.11 Å². The molecule has 6 heteroatoms. The number of H-pyrrole nitrogens is 1. The number of benzene rings is 1. The van der Waals surface area contributed by atoms with Crippen molar-refractivity contribution in [2.24, 2.45) is 0 Å². The van der Waals surface area contributed by atoms with Crippen LogP contribution in [0.15, 0.2) is 36.7 Å². The molecule has 0 radical (unpaired) electrons. The number of rotatable bonds is 6. The van der Waals surface area contributed by atoms with Gasteiger partial charge in [-0.2, -0.15) is 0 Å². The molecule has 1 atom stereocenters. The molecule has 2 aromatic heterocycles. The van der Waals surface area contributed by atoms with Crippen molar-refractivity contribution in [3.8, 4) is 0 Å². The fourth-order valence-corrected chi connectivity index (χ4v) is 3.52. The Morgan fingerprint density at radius 3 is 3.12 bits per heavy atom. The van der Waals surface area contributed by atoms with Gasteiger partial charge in [0.05, 0.1) is 30.2 Å². The quantitative estimate of drug-likeness (QED) is 0.757. The van der Waals surface area contributed by atoms with E-state index in [-0.39, 0.29) is 0 Å². The number of methoxy groups -OCH3 is 1. The molecule has 126 valence electrons. The van der Waals surface area contributed by atoms with E-state index in [0.717, 1.165) is 48.7 Å². The van der Waals surface area contributed by atoms with Crippen LogP contribution in [0, 0.1) is 0 Å². The molecule has 1 N–H and O–H groups in total. The lowest BCUT2D eigenvalue weighted by atomic mass is 10.2. The summed E-state index contributed by atoms with van der Waals surface area (Å²) >= 11 is 0. The average Bonchev–Trinajstić information content (AvgIpc) is 3.32. The summed E-state index contributed by atoms with van der Waals surface area (Å²) in [5, 5.41) is 0. The molecule has 0 spiro atoms. The minimum Gasteiger partial charge on any atom is -0.383 e. The first kappa shape index (κ1) is 15.4. The van der Waals surface area contributed by atoms with Gasteiger partial charge in [-0.25, -0.2) is 9.97 Å². The van der Waals surface area contributed by atoms with Crippen LogP contribution in [0.1, 0.15) is 30.5 Å². The highest BCUT2D eigenvalue weighted by molar-refractivity contribution is 5.74. The third-order valence-electron chi connectivity index (χ3n) is 4.77. The molecule has 0 aliphatic carbocycles. The van der Waals surface area contributed by atoms with Gasteiger partial charge in [0.1, 0.15) is 11.6 Å². The summed E-state index contributed by atoms with van der Waals surface area (Å²) in [5.41, 5.74) is 2.15. The van der Waals surface area contributed by atoms with Gasteiger partial charge in [-0.1, -0.05) is 12.1 Å². The molecule has 1 aliphatic rings. The van der Waals surface area contributed by atoms with E-state index in [1.807, 2.05) is 24.5 Å². The average molecular weight is 325 g/mol. The van der Waals surface area contributed by atoms with E-state index >= 15 is 0 Å². The van der Waals surface area contributed by atoms with Gasteiger partial charge in [-0.05, 0) is 31.5 Å². The largest absolute Gasteiger partial charge is 0.383 e. The van der Waals surface area contributed by atoms with Crippen LogP contribution >= 0.6 is 0 Å². The number of ether oxygens (including phenoxy) is 1. The van der Waals surface area contributed by atoms with Crippen molar-refractivity contribution < 1.29 is 4.74 Å². The van der Waals surface area contributed by atoms with Crippen LogP contribution in [-0.2, 0) is 17.8 Å². The second-order valence-electron chi connectivity index (χ2n) is 6.30. The lowest BCUT2D eigenvalue weighted by Crippen LogP contribution is -2.25. The lowest BCUT2D eigenvalue weighted by Gasteiger charge is -2.22. The summed E-state index contributed by atoms with van der Waals surface area (Å²) in [6.07, 6.45) is 6.23. The Balaban J connectivity index is 1.53. The smallest absolute Gasteiger partial charge is 0.124 e. The van der Waals surface area contributed by atoms with Gasteiger partial charge < -0.3 is 14.3 Å². The lowest BCUT2D eigenvalue weighted by molar-refractivity contribution is 0.182. The number of fused-ring (bicyclic) bond motifs is 1. The molecule has 0 amide bonds. The van der Waals surface area contributed by atoms with E-state index in [0.29, 0.717) is 12.6 Å². The van der Waals surface area contributed by atoms with Crippen molar-refractivity contribution >= 4 is 11.0 Å². The van der Waals surface area contributed by atoms with E-state index in [4.69, 9.17) is 9.72 Å². The number of hydrogen-bond donors (Lipinski definition) is 1. The summed E-state index contributed by atoms with van der Waals surface area (Å²) in [6.45, 7) is 3.47. The van der Waals surface area contributed by atoms with Crippen LogP contribution in [0.3, 0.4) is 0 Å². The van der Waals surface area contributed by atoms with Crippen molar-refractivity contribution in [2.45, 2.75) is 32.0 Å². The van der Waals surface area contributed by atoms with Gasteiger partial charge in [0.15, 0.2) is 0 Å². The van der Waals surface area contributed by atoms with E-state index < -0.39 is 0 Å². The molecule has 24 heavy (non-hydrogen) atoms. The number of nitrogens with one attached hydrogen (secondary N) is 1. The normalized spacial score (nSPS) is 18.6. The molecule has 6 nitrogen and oxygen atoms in total. The monoisotopic (exact) mass is 325 g/mol. The maximum atomic E-state index is 5.19. The topological polar surface area (TPSA) is 59.0 Å². The van der Waals surface area contributed by atoms with Crippen LogP contribution in [0.4, 0.5) is 0 Å². The summed E-state index contributed by atoms with van der Waals surface area (Å²) in [4.78, 5) is 15.3. The third kappa shape index (κ3) is 2.95. The second-order valence-corrected chi connectivity index (χ2v) is 6.30. The molecule has 0 bridgehead atoms. The zero-order valence-electron chi connectivity index (χ0n) is 14.0. The number of hydrogen-bond acceptors (Lipinski definition) is 4. The highest BCUT2D eigenvalue weighted by atomic mass is 16.5. The summed E-state index contributed by atoms with van der Waals surface area (Å²) in [5.74, 6) is 2.17. The van der Waals surface area contributed by atoms with Gasteiger partial charge in [-0.3, -0.25) is 4.90 Å². The number of likely N-dealkylation sites (tertiary alicyclic amines) is 1. The summed E-state index contributed by atoms with van der Waals surface area (Å²) in [6, 6.07) is 8.56. The molecule has 0 saturated carbocycles. The van der Waals surface area contributed by atoms with Crippen LogP contribution in [0.5, 0.6) is 0 Å².